The molecule has 2 aromatic carbocycles. The summed E-state index contributed by atoms with van der Waals surface area (Å²) in [6.07, 6.45) is 3.85. The Labute approximate surface area is 202 Å². The van der Waals surface area contributed by atoms with Gasteiger partial charge in [-0.05, 0) is 61.6 Å². The summed E-state index contributed by atoms with van der Waals surface area (Å²) >= 11 is 7.30. The lowest BCUT2D eigenvalue weighted by Gasteiger charge is -2.16. The Hall–Kier alpha value is -1.65. The number of aromatic nitrogens is 2. The molecule has 10 heteroatoms. The van der Waals surface area contributed by atoms with Gasteiger partial charge in [0.15, 0.2) is 5.16 Å². The molecule has 0 aliphatic carbocycles. The lowest BCUT2D eigenvalue weighted by Crippen LogP contribution is -2.27. The van der Waals surface area contributed by atoms with Gasteiger partial charge in [0.05, 0.1) is 28.6 Å². The second kappa shape index (κ2) is 9.54. The Morgan fingerprint density at radius 3 is 2.70 bits per heavy atom. The summed E-state index contributed by atoms with van der Waals surface area (Å²) in [5.41, 5.74) is 2.01. The van der Waals surface area contributed by atoms with Crippen molar-refractivity contribution in [2.45, 2.75) is 54.1 Å². The van der Waals surface area contributed by atoms with Gasteiger partial charge in [0.25, 0.3) is 0 Å². The van der Waals surface area contributed by atoms with E-state index in [0.717, 1.165) is 37.8 Å². The fourth-order valence-electron chi connectivity index (χ4n) is 4.39. The Kier molecular flexibility index (Phi) is 6.68. The van der Waals surface area contributed by atoms with Crippen LogP contribution in [-0.4, -0.2) is 48.1 Å². The molecule has 3 heterocycles. The summed E-state index contributed by atoms with van der Waals surface area (Å²) in [5, 5.41) is 1.07. The molecular formula is C23H25ClFN3O3S2. The lowest BCUT2D eigenvalue weighted by atomic mass is 10.2. The third-order valence-corrected chi connectivity index (χ3v) is 9.32. The van der Waals surface area contributed by atoms with Gasteiger partial charge in [-0.1, -0.05) is 29.4 Å². The summed E-state index contributed by atoms with van der Waals surface area (Å²) in [6, 6.07) is 9.80. The molecule has 5 rings (SSSR count). The van der Waals surface area contributed by atoms with E-state index in [4.69, 9.17) is 21.3 Å². The standard InChI is InChI=1S/C23H25ClFN3O3S2/c24-17-6-5-16(20(25)12-17)15-32-23-26-21-13-19(33(29,30)27-9-1-2-10-27)7-8-22(21)28(23)14-18-4-3-11-31-18/h5-8,12-13,18H,1-4,9-11,14-15H2. The highest BCUT2D eigenvalue weighted by Crippen LogP contribution is 2.32. The smallest absolute Gasteiger partial charge is 0.243 e. The van der Waals surface area contributed by atoms with Crippen molar-refractivity contribution in [3.63, 3.8) is 0 Å². The van der Waals surface area contributed by atoms with E-state index in [1.807, 2.05) is 6.07 Å². The average Bonchev–Trinajstić information content (AvgIpc) is 3.55. The summed E-state index contributed by atoms with van der Waals surface area (Å²) in [5.74, 6) is 0.0346. The number of thioether (sulfide) groups is 1. The van der Waals surface area contributed by atoms with Crippen molar-refractivity contribution in [1.82, 2.24) is 13.9 Å². The number of sulfonamides is 1. The van der Waals surface area contributed by atoms with Gasteiger partial charge in [0.1, 0.15) is 5.82 Å². The minimum absolute atomic E-state index is 0.0852. The number of ether oxygens (including phenoxy) is 1. The van der Waals surface area contributed by atoms with Crippen molar-refractivity contribution < 1.29 is 17.5 Å². The fraction of sp³-hybridized carbons (Fsp3) is 0.435. The van der Waals surface area contributed by atoms with E-state index < -0.39 is 10.0 Å². The predicted molar refractivity (Wildman–Crippen MR) is 128 cm³/mol. The van der Waals surface area contributed by atoms with Crippen molar-refractivity contribution in [2.24, 2.45) is 0 Å². The van der Waals surface area contributed by atoms with Gasteiger partial charge in [-0.25, -0.2) is 17.8 Å². The van der Waals surface area contributed by atoms with Crippen LogP contribution in [0.5, 0.6) is 0 Å². The number of nitrogens with zero attached hydrogens (tertiary/aromatic N) is 3. The summed E-state index contributed by atoms with van der Waals surface area (Å²) in [7, 11) is -3.53. The van der Waals surface area contributed by atoms with E-state index in [-0.39, 0.29) is 16.8 Å². The molecule has 1 aromatic heterocycles. The third-order valence-electron chi connectivity index (χ3n) is 6.17. The van der Waals surface area contributed by atoms with E-state index >= 15 is 0 Å². The van der Waals surface area contributed by atoms with Crippen LogP contribution in [0.2, 0.25) is 5.02 Å². The molecular weight excluding hydrogens is 485 g/mol. The lowest BCUT2D eigenvalue weighted by molar-refractivity contribution is 0.0960. The zero-order valence-corrected chi connectivity index (χ0v) is 20.4. The van der Waals surface area contributed by atoms with Crippen LogP contribution in [0.1, 0.15) is 31.2 Å². The molecule has 1 atom stereocenters. The SMILES string of the molecule is O=S(=O)(c1ccc2c(c1)nc(SCc1ccc(Cl)cc1F)n2CC1CCCO1)N1CCCC1. The van der Waals surface area contributed by atoms with Crippen molar-refractivity contribution in [1.29, 1.82) is 0 Å². The van der Waals surface area contributed by atoms with Crippen molar-refractivity contribution in [3.8, 4) is 0 Å². The van der Waals surface area contributed by atoms with Crippen LogP contribution in [-0.2, 0) is 27.1 Å². The van der Waals surface area contributed by atoms with Crippen LogP contribution in [0.3, 0.4) is 0 Å². The molecule has 0 N–H and O–H groups in total. The monoisotopic (exact) mass is 509 g/mol. The Morgan fingerprint density at radius 2 is 1.97 bits per heavy atom. The maximum absolute atomic E-state index is 14.3. The molecule has 3 aromatic rings. The number of hydrogen-bond donors (Lipinski definition) is 0. The quantitative estimate of drug-likeness (QED) is 0.415. The van der Waals surface area contributed by atoms with Crippen LogP contribution in [0.4, 0.5) is 4.39 Å². The first-order valence-corrected chi connectivity index (χ1v) is 13.9. The molecule has 176 valence electrons. The number of benzene rings is 2. The number of fused-ring (bicyclic) bond motifs is 1. The van der Waals surface area contributed by atoms with Gasteiger partial charge < -0.3 is 9.30 Å². The van der Waals surface area contributed by atoms with Crippen LogP contribution < -0.4 is 0 Å². The Balaban J connectivity index is 1.48. The number of halogens is 2. The molecule has 0 spiro atoms. The number of hydrogen-bond acceptors (Lipinski definition) is 5. The molecule has 6 nitrogen and oxygen atoms in total. The molecule has 0 amide bonds. The van der Waals surface area contributed by atoms with Gasteiger partial charge in [-0.15, -0.1) is 0 Å². The highest BCUT2D eigenvalue weighted by molar-refractivity contribution is 7.98. The van der Waals surface area contributed by atoms with Gasteiger partial charge in [0.2, 0.25) is 10.0 Å². The second-order valence-electron chi connectivity index (χ2n) is 8.43. The zero-order chi connectivity index (χ0) is 23.0. The van der Waals surface area contributed by atoms with Gasteiger partial charge in [0, 0.05) is 30.5 Å². The normalized spacial score (nSPS) is 19.6. The molecule has 2 fully saturated rings. The van der Waals surface area contributed by atoms with Crippen LogP contribution in [0.25, 0.3) is 11.0 Å². The topological polar surface area (TPSA) is 64.4 Å². The van der Waals surface area contributed by atoms with E-state index in [0.29, 0.717) is 46.6 Å². The number of rotatable bonds is 7. The minimum Gasteiger partial charge on any atom is -0.376 e. The molecule has 0 saturated carbocycles. The van der Waals surface area contributed by atoms with E-state index in [9.17, 15) is 12.8 Å². The maximum atomic E-state index is 14.3. The first kappa shape index (κ1) is 23.1. The third kappa shape index (κ3) is 4.79. The van der Waals surface area contributed by atoms with Crippen molar-refractivity contribution in [2.75, 3.05) is 19.7 Å². The molecule has 0 bridgehead atoms. The molecule has 2 aliphatic heterocycles. The minimum atomic E-state index is -3.53. The van der Waals surface area contributed by atoms with Crippen LogP contribution in [0, 0.1) is 5.82 Å². The van der Waals surface area contributed by atoms with Crippen molar-refractivity contribution in [3.05, 3.63) is 52.8 Å². The average molecular weight is 510 g/mol. The van der Waals surface area contributed by atoms with E-state index in [1.165, 1.54) is 22.1 Å². The molecule has 0 radical (unpaired) electrons. The number of imidazole rings is 1. The fourth-order valence-corrected chi connectivity index (χ4v) is 7.09. The Morgan fingerprint density at radius 1 is 1.15 bits per heavy atom. The van der Waals surface area contributed by atoms with E-state index in [1.54, 1.807) is 24.3 Å². The Bertz CT molecular complexity index is 1270. The first-order valence-electron chi connectivity index (χ1n) is 11.1. The van der Waals surface area contributed by atoms with Gasteiger partial charge in [-0.2, -0.15) is 4.31 Å². The highest BCUT2D eigenvalue weighted by atomic mass is 35.5. The summed E-state index contributed by atoms with van der Waals surface area (Å²) in [6.45, 7) is 2.48. The molecule has 33 heavy (non-hydrogen) atoms. The van der Waals surface area contributed by atoms with Crippen LogP contribution >= 0.6 is 23.4 Å². The van der Waals surface area contributed by atoms with E-state index in [2.05, 4.69) is 4.57 Å². The highest BCUT2D eigenvalue weighted by Gasteiger charge is 2.28. The van der Waals surface area contributed by atoms with Gasteiger partial charge in [-0.3, -0.25) is 0 Å². The molecule has 2 aliphatic rings. The second-order valence-corrected chi connectivity index (χ2v) is 11.7. The first-order chi connectivity index (χ1) is 15.9. The van der Waals surface area contributed by atoms with Crippen LogP contribution in [0.15, 0.2) is 46.5 Å². The summed E-state index contributed by atoms with van der Waals surface area (Å²) in [4.78, 5) is 5.02. The zero-order valence-electron chi connectivity index (χ0n) is 18.0. The molecule has 2 saturated heterocycles. The van der Waals surface area contributed by atoms with Crippen molar-refractivity contribution >= 4 is 44.4 Å². The largest absolute Gasteiger partial charge is 0.376 e. The summed E-state index contributed by atoms with van der Waals surface area (Å²) < 4.78 is 49.8. The van der Waals surface area contributed by atoms with Gasteiger partial charge >= 0.3 is 0 Å². The maximum Gasteiger partial charge on any atom is 0.243 e. The molecule has 1 unspecified atom stereocenters. The predicted octanol–water partition coefficient (Wildman–Crippen LogP) is 5.08.